The van der Waals surface area contributed by atoms with Gasteiger partial charge >= 0.3 is 0 Å². The third-order valence-corrected chi connectivity index (χ3v) is 3.90. The average molecular weight is 303 g/mol. The average Bonchev–Trinajstić information content (AvgIpc) is 2.47. The van der Waals surface area contributed by atoms with Gasteiger partial charge in [0, 0.05) is 23.4 Å². The lowest BCUT2D eigenvalue weighted by molar-refractivity contribution is 0.988. The maximum absolute atomic E-state index is 5.25. The van der Waals surface area contributed by atoms with Crippen molar-refractivity contribution in [3.05, 3.63) is 54.2 Å². The van der Waals surface area contributed by atoms with Crippen LogP contribution in [0.3, 0.4) is 0 Å². The molecule has 0 bridgehead atoms. The van der Waals surface area contributed by atoms with E-state index in [0.29, 0.717) is 5.11 Å². The maximum atomic E-state index is 5.25. The predicted octanol–water partition coefficient (Wildman–Crippen LogP) is 3.47. The van der Waals surface area contributed by atoms with Gasteiger partial charge in [-0.15, -0.1) is 11.8 Å². The third-order valence-electron chi connectivity index (χ3n) is 2.64. The molecule has 0 aliphatic heterocycles. The molecule has 0 fully saturated rings. The molecule has 2 rings (SSSR count). The number of aromatic nitrogens is 1. The molecule has 0 radical (unpaired) electrons. The highest BCUT2D eigenvalue weighted by Gasteiger charge is 2.01. The number of anilines is 1. The number of thioether (sulfide) groups is 1. The molecular formula is C15H17N3S2. The molecule has 0 aliphatic rings. The van der Waals surface area contributed by atoms with Crippen molar-refractivity contribution in [3.8, 4) is 0 Å². The molecule has 2 aromatic rings. The van der Waals surface area contributed by atoms with Gasteiger partial charge in [0.2, 0.25) is 0 Å². The second-order valence-electron chi connectivity index (χ2n) is 4.21. The van der Waals surface area contributed by atoms with Crippen LogP contribution >= 0.6 is 24.0 Å². The van der Waals surface area contributed by atoms with Crippen LogP contribution in [-0.4, -0.2) is 22.4 Å². The highest BCUT2D eigenvalue weighted by molar-refractivity contribution is 7.99. The molecule has 104 valence electrons. The lowest BCUT2D eigenvalue weighted by Crippen LogP contribution is -2.30. The number of nitrogens with zero attached hydrogens (tertiary/aromatic N) is 1. The van der Waals surface area contributed by atoms with Gasteiger partial charge in [-0.25, -0.2) is 4.98 Å². The molecule has 20 heavy (non-hydrogen) atoms. The van der Waals surface area contributed by atoms with Crippen LogP contribution in [0.2, 0.25) is 0 Å². The fourth-order valence-electron chi connectivity index (χ4n) is 1.62. The fourth-order valence-corrected chi connectivity index (χ4v) is 2.61. The first-order valence-corrected chi connectivity index (χ1v) is 7.79. The fraction of sp³-hybridized carbons (Fsp3) is 0.200. The number of pyridine rings is 1. The summed E-state index contributed by atoms with van der Waals surface area (Å²) in [5.41, 5.74) is 1.08. The number of hydrogen-bond donors (Lipinski definition) is 2. The van der Waals surface area contributed by atoms with E-state index in [9.17, 15) is 0 Å². The molecule has 0 unspecified atom stereocenters. The van der Waals surface area contributed by atoms with Gasteiger partial charge in [-0.2, -0.15) is 0 Å². The van der Waals surface area contributed by atoms with Gasteiger partial charge < -0.3 is 10.6 Å². The number of nitrogens with one attached hydrogen (secondary N) is 2. The van der Waals surface area contributed by atoms with Crippen LogP contribution in [0.1, 0.15) is 5.56 Å². The van der Waals surface area contributed by atoms with Crippen molar-refractivity contribution in [2.45, 2.75) is 11.8 Å². The van der Waals surface area contributed by atoms with Gasteiger partial charge in [0.05, 0.1) is 0 Å². The molecule has 1 aromatic carbocycles. The van der Waals surface area contributed by atoms with Crippen molar-refractivity contribution >= 4 is 34.9 Å². The van der Waals surface area contributed by atoms with Crippen LogP contribution in [0.25, 0.3) is 0 Å². The summed E-state index contributed by atoms with van der Waals surface area (Å²) in [4.78, 5) is 5.52. The molecule has 0 saturated heterocycles. The zero-order chi connectivity index (χ0) is 14.2. The van der Waals surface area contributed by atoms with Crippen molar-refractivity contribution in [2.75, 3.05) is 17.6 Å². The van der Waals surface area contributed by atoms with E-state index >= 15 is 0 Å². The Bertz CT molecular complexity index is 558. The molecule has 2 N–H and O–H groups in total. The van der Waals surface area contributed by atoms with Crippen molar-refractivity contribution < 1.29 is 0 Å². The van der Waals surface area contributed by atoms with Crippen LogP contribution in [-0.2, 0) is 0 Å². The van der Waals surface area contributed by atoms with Crippen molar-refractivity contribution in [1.82, 2.24) is 10.3 Å². The Labute approximate surface area is 129 Å². The molecule has 5 heteroatoms. The van der Waals surface area contributed by atoms with E-state index in [1.54, 1.807) is 18.0 Å². The Morgan fingerprint density at radius 1 is 1.20 bits per heavy atom. The van der Waals surface area contributed by atoms with Gasteiger partial charge in [-0.05, 0) is 42.9 Å². The van der Waals surface area contributed by atoms with E-state index in [-0.39, 0.29) is 0 Å². The second-order valence-corrected chi connectivity index (χ2v) is 5.79. The third kappa shape index (κ3) is 4.83. The summed E-state index contributed by atoms with van der Waals surface area (Å²) in [6.45, 7) is 2.82. The summed E-state index contributed by atoms with van der Waals surface area (Å²) in [6.07, 6.45) is 1.75. The first-order valence-electron chi connectivity index (χ1n) is 6.40. The minimum Gasteiger partial charge on any atom is -0.362 e. The summed E-state index contributed by atoms with van der Waals surface area (Å²) in [5, 5.41) is 6.91. The smallest absolute Gasteiger partial charge is 0.171 e. The van der Waals surface area contributed by atoms with Crippen LogP contribution in [0.4, 0.5) is 5.82 Å². The molecule has 0 aliphatic carbocycles. The van der Waals surface area contributed by atoms with Crippen molar-refractivity contribution in [2.24, 2.45) is 0 Å². The Morgan fingerprint density at radius 3 is 2.75 bits per heavy atom. The number of rotatable bonds is 5. The molecule has 0 saturated carbocycles. The Hall–Kier alpha value is -1.59. The summed E-state index contributed by atoms with van der Waals surface area (Å²) < 4.78 is 0. The summed E-state index contributed by atoms with van der Waals surface area (Å²) in [6, 6.07) is 14.3. The Morgan fingerprint density at radius 2 is 2.00 bits per heavy atom. The first-order chi connectivity index (χ1) is 9.75. The largest absolute Gasteiger partial charge is 0.362 e. The minimum atomic E-state index is 0.612. The topological polar surface area (TPSA) is 37.0 Å². The van der Waals surface area contributed by atoms with E-state index in [4.69, 9.17) is 12.2 Å². The first kappa shape index (κ1) is 14.8. The van der Waals surface area contributed by atoms with Gasteiger partial charge in [-0.1, -0.05) is 24.3 Å². The highest BCUT2D eigenvalue weighted by Crippen LogP contribution is 2.15. The van der Waals surface area contributed by atoms with Gasteiger partial charge in [-0.3, -0.25) is 0 Å². The lowest BCUT2D eigenvalue weighted by atomic mass is 10.3. The molecule has 0 spiro atoms. The normalized spacial score (nSPS) is 10.1. The number of benzene rings is 1. The van der Waals surface area contributed by atoms with Gasteiger partial charge in [0.15, 0.2) is 5.11 Å². The quantitative estimate of drug-likeness (QED) is 0.502. The van der Waals surface area contributed by atoms with E-state index in [1.807, 2.05) is 37.3 Å². The Balaban J connectivity index is 1.69. The summed E-state index contributed by atoms with van der Waals surface area (Å²) in [5.74, 6) is 1.77. The summed E-state index contributed by atoms with van der Waals surface area (Å²) in [7, 11) is 0. The van der Waals surface area contributed by atoms with Gasteiger partial charge in [0.25, 0.3) is 0 Å². The van der Waals surface area contributed by atoms with Gasteiger partial charge in [0.1, 0.15) is 5.82 Å². The van der Waals surface area contributed by atoms with Crippen LogP contribution in [0.15, 0.2) is 53.6 Å². The zero-order valence-corrected chi connectivity index (χ0v) is 12.9. The van der Waals surface area contributed by atoms with Crippen molar-refractivity contribution in [1.29, 1.82) is 0 Å². The van der Waals surface area contributed by atoms with E-state index in [1.165, 1.54) is 4.90 Å². The minimum absolute atomic E-state index is 0.612. The molecular weight excluding hydrogens is 286 g/mol. The molecule has 1 aromatic heterocycles. The molecule has 3 nitrogen and oxygen atoms in total. The highest BCUT2D eigenvalue weighted by atomic mass is 32.2. The zero-order valence-electron chi connectivity index (χ0n) is 11.3. The predicted molar refractivity (Wildman–Crippen MR) is 90.4 cm³/mol. The number of hydrogen-bond acceptors (Lipinski definition) is 3. The van der Waals surface area contributed by atoms with Crippen LogP contribution < -0.4 is 10.6 Å². The van der Waals surface area contributed by atoms with E-state index < -0.39 is 0 Å². The second kappa shape index (κ2) is 7.87. The molecule has 0 atom stereocenters. The monoisotopic (exact) mass is 303 g/mol. The molecule has 1 heterocycles. The lowest BCUT2D eigenvalue weighted by Gasteiger charge is -2.11. The van der Waals surface area contributed by atoms with E-state index in [0.717, 1.165) is 23.7 Å². The van der Waals surface area contributed by atoms with Crippen LogP contribution in [0.5, 0.6) is 0 Å². The SMILES string of the molecule is Cc1cccnc1NC(=S)NCCSc1ccccc1. The number of thiocarbonyl (C=S) groups is 1. The maximum Gasteiger partial charge on any atom is 0.171 e. The number of aryl methyl sites for hydroxylation is 1. The van der Waals surface area contributed by atoms with Crippen LogP contribution in [0, 0.1) is 6.92 Å². The standard InChI is InChI=1S/C15H17N3S2/c1-12-6-5-9-16-14(12)18-15(19)17-10-11-20-13-7-3-2-4-8-13/h2-9H,10-11H2,1H3,(H2,16,17,18,19). The molecule has 0 amide bonds. The van der Waals surface area contributed by atoms with Crippen molar-refractivity contribution in [3.63, 3.8) is 0 Å². The van der Waals surface area contributed by atoms with E-state index in [2.05, 4.69) is 27.8 Å². The Kier molecular flexibility index (Phi) is 5.83. The summed E-state index contributed by atoms with van der Waals surface area (Å²) >= 11 is 7.06.